The zero-order chi connectivity index (χ0) is 29.6. The summed E-state index contributed by atoms with van der Waals surface area (Å²) in [5, 5.41) is 3.72. The molecule has 218 valence electrons. The van der Waals surface area contributed by atoms with Crippen molar-refractivity contribution in [3.8, 4) is 5.75 Å². The highest BCUT2D eigenvalue weighted by Crippen LogP contribution is 2.27. The van der Waals surface area contributed by atoms with E-state index in [1.165, 1.54) is 24.1 Å². The summed E-state index contributed by atoms with van der Waals surface area (Å²) in [6.07, 6.45) is 3.86. The number of methoxy groups -OCH3 is 1. The summed E-state index contributed by atoms with van der Waals surface area (Å²) in [7, 11) is -2.68. The van der Waals surface area contributed by atoms with Crippen LogP contribution in [0.1, 0.15) is 38.2 Å². The van der Waals surface area contributed by atoms with Crippen LogP contribution in [0.15, 0.2) is 77.7 Å². The molecule has 1 atom stereocenters. The van der Waals surface area contributed by atoms with Gasteiger partial charge in [0, 0.05) is 12.6 Å². The van der Waals surface area contributed by atoms with Crippen molar-refractivity contribution in [3.63, 3.8) is 0 Å². The van der Waals surface area contributed by atoms with Crippen LogP contribution in [0.25, 0.3) is 0 Å². The van der Waals surface area contributed by atoms with Crippen molar-refractivity contribution in [1.29, 1.82) is 0 Å². The maximum absolute atomic E-state index is 14.0. The number of carbonyl (C=O) groups is 2. The number of hydrogen-bond donors (Lipinski definition) is 1. The summed E-state index contributed by atoms with van der Waals surface area (Å²) in [5.41, 5.74) is 0.965. The number of rotatable bonds is 11. The molecule has 1 N–H and O–H groups in total. The molecular weight excluding hydrogens is 585 g/mol. The SMILES string of the molecule is COc1ccc(S(=O)(=O)N(CC(=O)N(Cc2ccc(Cl)c(Cl)c2)C(C)C(=O)NC2CCCC2)c2ccccc2)cc1. The standard InChI is InChI=1S/C30H33Cl2N3O5S/c1-21(30(37)33-23-8-6-7-9-23)34(19-22-12-17-27(31)28(32)18-22)29(36)20-35(24-10-4-3-5-11-24)41(38,39)26-15-13-25(40-2)14-16-26/h3-5,10-18,21,23H,6-9,19-20H2,1-2H3,(H,33,37). The predicted molar refractivity (Wildman–Crippen MR) is 161 cm³/mol. The Kier molecular flexibility index (Phi) is 10.2. The van der Waals surface area contributed by atoms with Gasteiger partial charge in [-0.2, -0.15) is 0 Å². The third-order valence-electron chi connectivity index (χ3n) is 7.18. The molecule has 41 heavy (non-hydrogen) atoms. The molecule has 11 heteroatoms. The first-order valence-corrected chi connectivity index (χ1v) is 15.6. The molecular formula is C30H33Cl2N3O5S. The van der Waals surface area contributed by atoms with Crippen LogP contribution in [-0.4, -0.2) is 50.9 Å². The highest BCUT2D eigenvalue weighted by molar-refractivity contribution is 7.92. The van der Waals surface area contributed by atoms with Crippen molar-refractivity contribution in [2.24, 2.45) is 0 Å². The van der Waals surface area contributed by atoms with Crippen LogP contribution in [0.3, 0.4) is 0 Å². The van der Waals surface area contributed by atoms with Crippen molar-refractivity contribution < 1.29 is 22.7 Å². The lowest BCUT2D eigenvalue weighted by Crippen LogP contribution is -2.52. The van der Waals surface area contributed by atoms with Gasteiger partial charge in [-0.3, -0.25) is 13.9 Å². The van der Waals surface area contributed by atoms with Gasteiger partial charge in [0.2, 0.25) is 11.8 Å². The van der Waals surface area contributed by atoms with E-state index in [-0.39, 0.29) is 23.4 Å². The highest BCUT2D eigenvalue weighted by atomic mass is 35.5. The van der Waals surface area contributed by atoms with E-state index in [4.69, 9.17) is 27.9 Å². The summed E-state index contributed by atoms with van der Waals surface area (Å²) in [6, 6.07) is 18.5. The van der Waals surface area contributed by atoms with Gasteiger partial charge >= 0.3 is 0 Å². The average Bonchev–Trinajstić information content (AvgIpc) is 3.49. The molecule has 0 radical (unpaired) electrons. The van der Waals surface area contributed by atoms with Gasteiger partial charge in [-0.15, -0.1) is 0 Å². The highest BCUT2D eigenvalue weighted by Gasteiger charge is 2.33. The lowest BCUT2D eigenvalue weighted by molar-refractivity contribution is -0.139. The van der Waals surface area contributed by atoms with Crippen LogP contribution >= 0.6 is 23.2 Å². The number of amides is 2. The summed E-state index contributed by atoms with van der Waals surface area (Å²) in [4.78, 5) is 28.7. The molecule has 1 aliphatic rings. The maximum atomic E-state index is 14.0. The van der Waals surface area contributed by atoms with Gasteiger partial charge in [0.15, 0.2) is 0 Å². The number of anilines is 1. The van der Waals surface area contributed by atoms with E-state index in [2.05, 4.69) is 5.32 Å². The third-order valence-corrected chi connectivity index (χ3v) is 9.70. The fourth-order valence-corrected chi connectivity index (χ4v) is 6.54. The van der Waals surface area contributed by atoms with E-state index in [1.807, 2.05) is 0 Å². The van der Waals surface area contributed by atoms with Gasteiger partial charge in [-0.25, -0.2) is 8.42 Å². The van der Waals surface area contributed by atoms with Gasteiger partial charge in [0.05, 0.1) is 27.7 Å². The smallest absolute Gasteiger partial charge is 0.264 e. The molecule has 0 bridgehead atoms. The first-order valence-electron chi connectivity index (χ1n) is 13.4. The van der Waals surface area contributed by atoms with Crippen LogP contribution in [0.4, 0.5) is 5.69 Å². The number of halogens is 2. The largest absolute Gasteiger partial charge is 0.497 e. The Morgan fingerprint density at radius 2 is 1.63 bits per heavy atom. The molecule has 2 amide bonds. The first-order chi connectivity index (χ1) is 19.6. The molecule has 3 aromatic carbocycles. The molecule has 4 rings (SSSR count). The van der Waals surface area contributed by atoms with Gasteiger partial charge in [0.1, 0.15) is 18.3 Å². The second-order valence-corrected chi connectivity index (χ2v) is 12.6. The van der Waals surface area contributed by atoms with Crippen molar-refractivity contribution in [2.75, 3.05) is 18.0 Å². The number of nitrogens with zero attached hydrogens (tertiary/aromatic N) is 2. The molecule has 0 heterocycles. The van der Waals surface area contributed by atoms with Crippen molar-refractivity contribution in [3.05, 3.63) is 88.4 Å². The number of para-hydroxylation sites is 1. The molecule has 1 aliphatic carbocycles. The van der Waals surface area contributed by atoms with E-state index in [9.17, 15) is 18.0 Å². The zero-order valence-electron chi connectivity index (χ0n) is 22.9. The second-order valence-electron chi connectivity index (χ2n) is 9.96. The van der Waals surface area contributed by atoms with E-state index in [1.54, 1.807) is 67.6 Å². The van der Waals surface area contributed by atoms with E-state index in [0.29, 0.717) is 27.0 Å². The monoisotopic (exact) mass is 617 g/mol. The van der Waals surface area contributed by atoms with Crippen LogP contribution < -0.4 is 14.4 Å². The van der Waals surface area contributed by atoms with Crippen molar-refractivity contribution in [2.45, 2.75) is 56.1 Å². The number of ether oxygens (including phenoxy) is 1. The quantitative estimate of drug-likeness (QED) is 0.299. The molecule has 0 aliphatic heterocycles. The van der Waals surface area contributed by atoms with E-state index in [0.717, 1.165) is 30.0 Å². The van der Waals surface area contributed by atoms with Crippen LogP contribution in [-0.2, 0) is 26.2 Å². The molecule has 3 aromatic rings. The minimum Gasteiger partial charge on any atom is -0.497 e. The molecule has 1 fully saturated rings. The van der Waals surface area contributed by atoms with Crippen LogP contribution in [0.2, 0.25) is 10.0 Å². The van der Waals surface area contributed by atoms with Crippen molar-refractivity contribution >= 4 is 50.7 Å². The van der Waals surface area contributed by atoms with Crippen LogP contribution in [0, 0.1) is 0 Å². The number of benzene rings is 3. The Labute approximate surface area is 251 Å². The molecule has 0 aromatic heterocycles. The lowest BCUT2D eigenvalue weighted by Gasteiger charge is -2.32. The number of hydrogen-bond acceptors (Lipinski definition) is 5. The normalized spacial score (nSPS) is 14.3. The molecule has 0 spiro atoms. The minimum atomic E-state index is -4.17. The lowest BCUT2D eigenvalue weighted by atomic mass is 10.1. The predicted octanol–water partition coefficient (Wildman–Crippen LogP) is 5.67. The Hall–Kier alpha value is -3.27. The fourth-order valence-electron chi connectivity index (χ4n) is 4.81. The maximum Gasteiger partial charge on any atom is 0.264 e. The van der Waals surface area contributed by atoms with E-state index < -0.39 is 28.5 Å². The zero-order valence-corrected chi connectivity index (χ0v) is 25.3. The average molecular weight is 619 g/mol. The summed E-state index contributed by atoms with van der Waals surface area (Å²) in [5.74, 6) is -0.346. The Balaban J connectivity index is 1.67. The van der Waals surface area contributed by atoms with Crippen LogP contribution in [0.5, 0.6) is 5.75 Å². The Bertz CT molecular complexity index is 1460. The fraction of sp³-hybridized carbons (Fsp3) is 0.333. The van der Waals surface area contributed by atoms with Gasteiger partial charge in [-0.1, -0.05) is 60.3 Å². The summed E-state index contributed by atoms with van der Waals surface area (Å²) >= 11 is 12.3. The van der Waals surface area contributed by atoms with Gasteiger partial charge in [-0.05, 0) is 73.9 Å². The summed E-state index contributed by atoms with van der Waals surface area (Å²) in [6.45, 7) is 1.14. The molecule has 1 saturated carbocycles. The van der Waals surface area contributed by atoms with E-state index >= 15 is 0 Å². The Morgan fingerprint density at radius 1 is 0.976 bits per heavy atom. The Morgan fingerprint density at radius 3 is 2.24 bits per heavy atom. The molecule has 0 saturated heterocycles. The third kappa shape index (κ3) is 7.52. The van der Waals surface area contributed by atoms with Gasteiger partial charge < -0.3 is 15.0 Å². The minimum absolute atomic E-state index is 0.00184. The van der Waals surface area contributed by atoms with Gasteiger partial charge in [0.25, 0.3) is 10.0 Å². The number of nitrogens with one attached hydrogen (secondary N) is 1. The molecule has 1 unspecified atom stereocenters. The first kappa shape index (κ1) is 30.7. The topological polar surface area (TPSA) is 96.0 Å². The number of carbonyl (C=O) groups excluding carboxylic acids is 2. The summed E-state index contributed by atoms with van der Waals surface area (Å²) < 4.78 is 34.0. The molecule has 8 nitrogen and oxygen atoms in total. The number of sulfonamides is 1. The second kappa shape index (κ2) is 13.6. The van der Waals surface area contributed by atoms with Crippen molar-refractivity contribution in [1.82, 2.24) is 10.2 Å².